The van der Waals surface area contributed by atoms with E-state index >= 15 is 0 Å². The molecular formula is C11H16N4O3. The van der Waals surface area contributed by atoms with Gasteiger partial charge in [0.15, 0.2) is 5.84 Å². The van der Waals surface area contributed by atoms with E-state index < -0.39 is 11.4 Å². The van der Waals surface area contributed by atoms with Crippen LogP contribution in [0.4, 0.5) is 0 Å². The first-order valence-corrected chi connectivity index (χ1v) is 5.25. The summed E-state index contributed by atoms with van der Waals surface area (Å²) in [7, 11) is 1.59. The van der Waals surface area contributed by atoms with Crippen LogP contribution in [-0.4, -0.2) is 27.1 Å². The quantitative estimate of drug-likeness (QED) is 0.295. The van der Waals surface area contributed by atoms with Crippen LogP contribution in [0.5, 0.6) is 0 Å². The second-order valence-electron chi connectivity index (χ2n) is 4.43. The summed E-state index contributed by atoms with van der Waals surface area (Å²) >= 11 is 0. The third-order valence-electron chi connectivity index (χ3n) is 2.54. The molecule has 0 radical (unpaired) electrons. The van der Waals surface area contributed by atoms with Crippen LogP contribution in [0, 0.1) is 0 Å². The lowest BCUT2D eigenvalue weighted by Crippen LogP contribution is -2.53. The maximum Gasteiger partial charge on any atom is 0.252 e. The van der Waals surface area contributed by atoms with Crippen LogP contribution in [0.2, 0.25) is 0 Å². The first-order valence-electron chi connectivity index (χ1n) is 5.25. The van der Waals surface area contributed by atoms with Crippen molar-refractivity contribution < 1.29 is 10.0 Å². The van der Waals surface area contributed by atoms with E-state index in [2.05, 4.69) is 10.5 Å². The van der Waals surface area contributed by atoms with Gasteiger partial charge in [0.05, 0.1) is 5.54 Å². The lowest BCUT2D eigenvalue weighted by Gasteiger charge is -2.24. The maximum atomic E-state index is 11.9. The maximum absolute atomic E-state index is 11.9. The molecule has 0 atom stereocenters. The summed E-state index contributed by atoms with van der Waals surface area (Å²) in [6, 6.07) is 2.73. The number of carbonyl (C=O) groups excluding carboxylic acids is 1. The minimum absolute atomic E-state index is 0.125. The molecule has 1 aromatic rings. The standard InChI is InChI=1S/C11H16N4O3/c1-11(2,10(12)14-18)13-9(17)7-4-5-15(3)8(16)6-7/h4-6,18H,1-3H3,(H2,12,14)(H,13,17). The highest BCUT2D eigenvalue weighted by molar-refractivity contribution is 5.99. The Balaban J connectivity index is 2.96. The van der Waals surface area contributed by atoms with Crippen LogP contribution >= 0.6 is 0 Å². The number of pyridine rings is 1. The van der Waals surface area contributed by atoms with Gasteiger partial charge in [-0.1, -0.05) is 5.16 Å². The molecule has 1 aromatic heterocycles. The van der Waals surface area contributed by atoms with Crippen molar-refractivity contribution >= 4 is 11.7 Å². The topological polar surface area (TPSA) is 110 Å². The van der Waals surface area contributed by atoms with E-state index in [9.17, 15) is 9.59 Å². The van der Waals surface area contributed by atoms with E-state index in [0.29, 0.717) is 0 Å². The molecule has 7 heteroatoms. The zero-order valence-corrected chi connectivity index (χ0v) is 10.5. The van der Waals surface area contributed by atoms with Gasteiger partial charge in [-0.25, -0.2) is 0 Å². The minimum atomic E-state index is -1.01. The van der Waals surface area contributed by atoms with Crippen molar-refractivity contribution in [3.8, 4) is 0 Å². The molecule has 1 amide bonds. The molecule has 0 aliphatic rings. The summed E-state index contributed by atoms with van der Waals surface area (Å²) in [5.41, 5.74) is 4.38. The van der Waals surface area contributed by atoms with Gasteiger partial charge in [-0.2, -0.15) is 0 Å². The smallest absolute Gasteiger partial charge is 0.252 e. The number of hydrogen-bond acceptors (Lipinski definition) is 4. The monoisotopic (exact) mass is 252 g/mol. The van der Waals surface area contributed by atoms with Crippen LogP contribution < -0.4 is 16.6 Å². The largest absolute Gasteiger partial charge is 0.409 e. The SMILES string of the molecule is Cn1ccc(C(=O)NC(C)(C)/C(N)=N/O)cc1=O. The van der Waals surface area contributed by atoms with Crippen molar-refractivity contribution in [2.75, 3.05) is 0 Å². The van der Waals surface area contributed by atoms with Gasteiger partial charge >= 0.3 is 0 Å². The summed E-state index contributed by atoms with van der Waals surface area (Å²) in [5, 5.41) is 14.0. The van der Waals surface area contributed by atoms with Crippen molar-refractivity contribution in [1.29, 1.82) is 0 Å². The Labute approximate surface area is 104 Å². The first-order chi connectivity index (χ1) is 8.27. The Hall–Kier alpha value is -2.31. The highest BCUT2D eigenvalue weighted by Crippen LogP contribution is 2.04. The number of amides is 1. The molecular weight excluding hydrogens is 236 g/mol. The second-order valence-corrected chi connectivity index (χ2v) is 4.43. The van der Waals surface area contributed by atoms with E-state index in [0.717, 1.165) is 0 Å². The third kappa shape index (κ3) is 2.88. The Morgan fingerprint density at radius 2 is 2.17 bits per heavy atom. The van der Waals surface area contributed by atoms with Gasteiger partial charge in [0.1, 0.15) is 0 Å². The van der Waals surface area contributed by atoms with Crippen LogP contribution in [-0.2, 0) is 7.05 Å². The first kappa shape index (κ1) is 13.8. The molecule has 7 nitrogen and oxygen atoms in total. The average molecular weight is 252 g/mol. The second kappa shape index (κ2) is 4.91. The third-order valence-corrected chi connectivity index (χ3v) is 2.54. The molecule has 0 aliphatic carbocycles. The Bertz CT molecular complexity index is 545. The van der Waals surface area contributed by atoms with Crippen molar-refractivity contribution in [1.82, 2.24) is 9.88 Å². The minimum Gasteiger partial charge on any atom is -0.409 e. The molecule has 0 aliphatic heterocycles. The van der Waals surface area contributed by atoms with Gasteiger partial charge in [-0.05, 0) is 19.9 Å². The summed E-state index contributed by atoms with van der Waals surface area (Å²) in [6.07, 6.45) is 1.49. The molecule has 0 fully saturated rings. The van der Waals surface area contributed by atoms with Gasteiger partial charge in [0, 0.05) is 24.9 Å². The molecule has 0 saturated carbocycles. The Morgan fingerprint density at radius 3 is 2.67 bits per heavy atom. The van der Waals surface area contributed by atoms with Crippen molar-refractivity contribution in [2.45, 2.75) is 19.4 Å². The van der Waals surface area contributed by atoms with E-state index in [1.165, 1.54) is 22.9 Å². The summed E-state index contributed by atoms with van der Waals surface area (Å²) in [6.45, 7) is 3.17. The predicted octanol–water partition coefficient (Wildman–Crippen LogP) is -0.360. The number of oxime groups is 1. The highest BCUT2D eigenvalue weighted by Gasteiger charge is 2.26. The van der Waals surface area contributed by atoms with Crippen LogP contribution in [0.1, 0.15) is 24.2 Å². The van der Waals surface area contributed by atoms with Gasteiger partial charge in [-0.3, -0.25) is 9.59 Å². The number of carbonyl (C=O) groups is 1. The Morgan fingerprint density at radius 1 is 1.56 bits per heavy atom. The van der Waals surface area contributed by atoms with Crippen LogP contribution in [0.15, 0.2) is 28.3 Å². The van der Waals surface area contributed by atoms with Crippen molar-refractivity contribution in [3.63, 3.8) is 0 Å². The molecule has 0 spiro atoms. The van der Waals surface area contributed by atoms with Gasteiger partial charge in [-0.15, -0.1) is 0 Å². The lowest BCUT2D eigenvalue weighted by molar-refractivity contribution is 0.0930. The predicted molar refractivity (Wildman–Crippen MR) is 66.6 cm³/mol. The van der Waals surface area contributed by atoms with Gasteiger partial charge < -0.3 is 20.8 Å². The number of aryl methyl sites for hydroxylation is 1. The fourth-order valence-corrected chi connectivity index (χ4v) is 1.23. The van der Waals surface area contributed by atoms with Crippen molar-refractivity contribution in [3.05, 3.63) is 34.2 Å². The molecule has 0 saturated heterocycles. The molecule has 0 aromatic carbocycles. The van der Waals surface area contributed by atoms with E-state index in [1.54, 1.807) is 20.9 Å². The average Bonchev–Trinajstić information content (AvgIpc) is 2.30. The Kier molecular flexibility index (Phi) is 3.75. The highest BCUT2D eigenvalue weighted by atomic mass is 16.4. The normalized spacial score (nSPS) is 12.3. The number of amidine groups is 1. The number of nitrogens with two attached hydrogens (primary N) is 1. The number of nitrogens with zero attached hydrogens (tertiary/aromatic N) is 2. The number of hydrogen-bond donors (Lipinski definition) is 3. The summed E-state index contributed by atoms with van der Waals surface area (Å²) < 4.78 is 1.35. The van der Waals surface area contributed by atoms with E-state index in [1.807, 2.05) is 0 Å². The molecule has 0 unspecified atom stereocenters. The number of nitrogens with one attached hydrogen (secondary N) is 1. The van der Waals surface area contributed by atoms with E-state index in [4.69, 9.17) is 10.9 Å². The summed E-state index contributed by atoms with van der Waals surface area (Å²) in [5.74, 6) is -0.594. The fraction of sp³-hybridized carbons (Fsp3) is 0.364. The molecule has 98 valence electrons. The molecule has 1 heterocycles. The zero-order valence-electron chi connectivity index (χ0n) is 10.5. The van der Waals surface area contributed by atoms with Gasteiger partial charge in [0.2, 0.25) is 0 Å². The molecule has 4 N–H and O–H groups in total. The number of rotatable bonds is 3. The molecule has 1 rings (SSSR count). The zero-order chi connectivity index (χ0) is 13.9. The van der Waals surface area contributed by atoms with Gasteiger partial charge in [0.25, 0.3) is 11.5 Å². The summed E-state index contributed by atoms with van der Waals surface area (Å²) in [4.78, 5) is 23.3. The molecule has 0 bridgehead atoms. The lowest BCUT2D eigenvalue weighted by atomic mass is 10.0. The van der Waals surface area contributed by atoms with Crippen LogP contribution in [0.3, 0.4) is 0 Å². The van der Waals surface area contributed by atoms with Crippen molar-refractivity contribution in [2.24, 2.45) is 17.9 Å². The fourth-order valence-electron chi connectivity index (χ4n) is 1.23. The van der Waals surface area contributed by atoms with E-state index in [-0.39, 0.29) is 17.0 Å². The van der Waals surface area contributed by atoms with Crippen LogP contribution in [0.25, 0.3) is 0 Å². The molecule has 18 heavy (non-hydrogen) atoms. The number of aromatic nitrogens is 1.